The van der Waals surface area contributed by atoms with Gasteiger partial charge in [-0.1, -0.05) is 12.1 Å². The lowest BCUT2D eigenvalue weighted by Gasteiger charge is -2.18. The Morgan fingerprint density at radius 3 is 2.55 bits per heavy atom. The van der Waals surface area contributed by atoms with Crippen LogP contribution in [0.3, 0.4) is 0 Å². The number of amides is 1. The molecular formula is C21H29N3O4S. The van der Waals surface area contributed by atoms with E-state index in [1.807, 2.05) is 42.8 Å². The Hall–Kier alpha value is -2.35. The van der Waals surface area contributed by atoms with Crippen LogP contribution in [0.4, 0.5) is 0 Å². The van der Waals surface area contributed by atoms with Gasteiger partial charge in [-0.15, -0.1) is 0 Å². The van der Waals surface area contributed by atoms with E-state index < -0.39 is 9.84 Å². The summed E-state index contributed by atoms with van der Waals surface area (Å²) < 4.78 is 30.6. The summed E-state index contributed by atoms with van der Waals surface area (Å²) in [6.07, 6.45) is 1.70. The highest BCUT2D eigenvalue weighted by Crippen LogP contribution is 2.27. The smallest absolute Gasteiger partial charge is 0.222 e. The molecule has 158 valence electrons. The number of benzene rings is 1. The Labute approximate surface area is 172 Å². The molecule has 1 amide bonds. The number of aryl methyl sites for hydroxylation is 2. The van der Waals surface area contributed by atoms with Crippen LogP contribution >= 0.6 is 0 Å². The van der Waals surface area contributed by atoms with Gasteiger partial charge >= 0.3 is 0 Å². The van der Waals surface area contributed by atoms with Crippen LogP contribution in [0.15, 0.2) is 24.3 Å². The van der Waals surface area contributed by atoms with E-state index in [1.165, 1.54) is 0 Å². The molecule has 1 aliphatic heterocycles. The average molecular weight is 420 g/mol. The second-order valence-corrected chi connectivity index (χ2v) is 9.98. The summed E-state index contributed by atoms with van der Waals surface area (Å²) in [5, 5.41) is 4.58. The first-order valence-electron chi connectivity index (χ1n) is 9.82. The SMILES string of the molecule is COc1ccc(CCC(=O)N(C)Cc2c(C)nn([C@@H]3CCS(=O)(=O)C3)c2C)cc1. The van der Waals surface area contributed by atoms with Crippen LogP contribution in [-0.2, 0) is 27.6 Å². The second-order valence-electron chi connectivity index (χ2n) is 7.75. The summed E-state index contributed by atoms with van der Waals surface area (Å²) in [6.45, 7) is 4.34. The number of carbonyl (C=O) groups is 1. The molecule has 0 saturated carbocycles. The lowest BCUT2D eigenvalue weighted by Crippen LogP contribution is -2.27. The minimum absolute atomic E-state index is 0.0656. The van der Waals surface area contributed by atoms with Crippen molar-refractivity contribution in [3.8, 4) is 5.75 Å². The van der Waals surface area contributed by atoms with Gasteiger partial charge in [0.15, 0.2) is 9.84 Å². The molecule has 1 aromatic carbocycles. The number of hydrogen-bond donors (Lipinski definition) is 0. The zero-order valence-electron chi connectivity index (χ0n) is 17.5. The van der Waals surface area contributed by atoms with E-state index in [9.17, 15) is 13.2 Å². The number of nitrogens with zero attached hydrogens (tertiary/aromatic N) is 3. The van der Waals surface area contributed by atoms with Crippen LogP contribution in [0.25, 0.3) is 0 Å². The Balaban J connectivity index is 1.62. The second kappa shape index (κ2) is 8.57. The molecule has 0 N–H and O–H groups in total. The molecule has 2 aromatic rings. The van der Waals surface area contributed by atoms with Crippen molar-refractivity contribution in [1.82, 2.24) is 14.7 Å². The van der Waals surface area contributed by atoms with E-state index in [-0.39, 0.29) is 23.5 Å². The first-order chi connectivity index (χ1) is 13.7. The zero-order chi connectivity index (χ0) is 21.2. The molecule has 1 saturated heterocycles. The summed E-state index contributed by atoms with van der Waals surface area (Å²) >= 11 is 0. The highest BCUT2D eigenvalue weighted by Gasteiger charge is 2.31. The van der Waals surface area contributed by atoms with Gasteiger partial charge in [-0.2, -0.15) is 5.10 Å². The van der Waals surface area contributed by atoms with Gasteiger partial charge in [-0.25, -0.2) is 8.42 Å². The molecule has 0 unspecified atom stereocenters. The van der Waals surface area contributed by atoms with Gasteiger partial charge in [-0.3, -0.25) is 9.48 Å². The molecule has 0 spiro atoms. The van der Waals surface area contributed by atoms with Gasteiger partial charge in [0.25, 0.3) is 0 Å². The third-order valence-electron chi connectivity index (χ3n) is 5.64. The fourth-order valence-corrected chi connectivity index (χ4v) is 5.50. The van der Waals surface area contributed by atoms with Crippen LogP contribution in [0.1, 0.15) is 41.4 Å². The van der Waals surface area contributed by atoms with Crippen molar-refractivity contribution >= 4 is 15.7 Å². The third kappa shape index (κ3) is 4.98. The predicted molar refractivity (Wildman–Crippen MR) is 112 cm³/mol. The van der Waals surface area contributed by atoms with E-state index in [4.69, 9.17) is 4.74 Å². The van der Waals surface area contributed by atoms with Crippen LogP contribution in [0.5, 0.6) is 5.75 Å². The molecule has 0 radical (unpaired) electrons. The number of rotatable bonds is 7. The Bertz CT molecular complexity index is 980. The topological polar surface area (TPSA) is 81.5 Å². The van der Waals surface area contributed by atoms with E-state index in [0.29, 0.717) is 25.8 Å². The maximum atomic E-state index is 12.6. The van der Waals surface area contributed by atoms with Gasteiger partial charge in [0.2, 0.25) is 5.91 Å². The average Bonchev–Trinajstić information content (AvgIpc) is 3.19. The molecule has 0 bridgehead atoms. The largest absolute Gasteiger partial charge is 0.497 e. The fourth-order valence-electron chi connectivity index (χ4n) is 3.81. The van der Waals surface area contributed by atoms with Gasteiger partial charge in [-0.05, 0) is 44.4 Å². The fraction of sp³-hybridized carbons (Fsp3) is 0.524. The molecule has 29 heavy (non-hydrogen) atoms. The highest BCUT2D eigenvalue weighted by molar-refractivity contribution is 7.91. The van der Waals surface area contributed by atoms with E-state index >= 15 is 0 Å². The summed E-state index contributed by atoms with van der Waals surface area (Å²) in [5.74, 6) is 1.23. The normalized spacial score (nSPS) is 18.0. The van der Waals surface area contributed by atoms with Crippen molar-refractivity contribution in [1.29, 1.82) is 0 Å². The van der Waals surface area contributed by atoms with E-state index in [2.05, 4.69) is 5.10 Å². The molecule has 1 atom stereocenters. The standard InChI is InChI=1S/C21H29N3O4S/c1-15-20(16(2)24(22-15)18-11-12-29(26,27)14-18)13-23(3)21(25)10-7-17-5-8-19(28-4)9-6-17/h5-6,8-9,18H,7,10-14H2,1-4H3/t18-/m1/s1. The molecular weight excluding hydrogens is 390 g/mol. The Morgan fingerprint density at radius 2 is 1.97 bits per heavy atom. The summed E-state index contributed by atoms with van der Waals surface area (Å²) in [6, 6.07) is 7.63. The van der Waals surface area contributed by atoms with Crippen LogP contribution < -0.4 is 4.74 Å². The van der Waals surface area contributed by atoms with Crippen molar-refractivity contribution in [2.75, 3.05) is 25.7 Å². The number of aromatic nitrogens is 2. The molecule has 1 aromatic heterocycles. The van der Waals surface area contributed by atoms with Crippen molar-refractivity contribution in [2.45, 2.75) is 45.7 Å². The number of sulfone groups is 1. The lowest BCUT2D eigenvalue weighted by molar-refractivity contribution is -0.130. The third-order valence-corrected chi connectivity index (χ3v) is 7.39. The predicted octanol–water partition coefficient (Wildman–Crippen LogP) is 2.46. The Morgan fingerprint density at radius 1 is 1.28 bits per heavy atom. The van der Waals surface area contributed by atoms with Crippen molar-refractivity contribution in [3.63, 3.8) is 0 Å². The van der Waals surface area contributed by atoms with E-state index in [1.54, 1.807) is 19.1 Å². The Kier molecular flexibility index (Phi) is 6.31. The number of hydrogen-bond acceptors (Lipinski definition) is 5. The summed E-state index contributed by atoms with van der Waals surface area (Å²) in [4.78, 5) is 14.3. The van der Waals surface area contributed by atoms with Crippen LogP contribution in [0, 0.1) is 13.8 Å². The summed E-state index contributed by atoms with van der Waals surface area (Å²) in [5.41, 5.74) is 3.88. The molecule has 2 heterocycles. The minimum atomic E-state index is -2.97. The molecule has 1 fully saturated rings. The van der Waals surface area contributed by atoms with E-state index in [0.717, 1.165) is 28.3 Å². The lowest BCUT2D eigenvalue weighted by atomic mass is 10.1. The molecule has 1 aliphatic rings. The molecule has 3 rings (SSSR count). The first kappa shape index (κ1) is 21.4. The number of ether oxygens (including phenoxy) is 1. The van der Waals surface area contributed by atoms with Crippen molar-refractivity contribution in [3.05, 3.63) is 46.8 Å². The van der Waals surface area contributed by atoms with Gasteiger partial charge in [0.1, 0.15) is 5.75 Å². The summed E-state index contributed by atoms with van der Waals surface area (Å²) in [7, 11) is 0.457. The quantitative estimate of drug-likeness (QED) is 0.689. The number of methoxy groups -OCH3 is 1. The number of carbonyl (C=O) groups excluding carboxylic acids is 1. The zero-order valence-corrected chi connectivity index (χ0v) is 18.3. The van der Waals surface area contributed by atoms with Crippen LogP contribution in [0.2, 0.25) is 0 Å². The monoisotopic (exact) mass is 419 g/mol. The molecule has 7 nitrogen and oxygen atoms in total. The first-order valence-corrected chi connectivity index (χ1v) is 11.6. The van der Waals surface area contributed by atoms with Gasteiger partial charge < -0.3 is 9.64 Å². The molecule has 0 aliphatic carbocycles. The molecule has 8 heteroatoms. The maximum absolute atomic E-state index is 12.6. The maximum Gasteiger partial charge on any atom is 0.222 e. The van der Waals surface area contributed by atoms with Gasteiger partial charge in [0, 0.05) is 31.3 Å². The van der Waals surface area contributed by atoms with Gasteiger partial charge in [0.05, 0.1) is 30.4 Å². The highest BCUT2D eigenvalue weighted by atomic mass is 32.2. The van der Waals surface area contributed by atoms with Crippen LogP contribution in [-0.4, -0.2) is 54.7 Å². The minimum Gasteiger partial charge on any atom is -0.497 e. The van der Waals surface area contributed by atoms with Crippen molar-refractivity contribution in [2.24, 2.45) is 0 Å². The van der Waals surface area contributed by atoms with Crippen molar-refractivity contribution < 1.29 is 17.9 Å².